The number of hydrogen-bond acceptors (Lipinski definition) is 3. The topological polar surface area (TPSA) is 49.7 Å². The van der Waals surface area contributed by atoms with E-state index in [4.69, 9.17) is 5.11 Å². The van der Waals surface area contributed by atoms with Gasteiger partial charge in [0.15, 0.2) is 5.78 Å². The van der Waals surface area contributed by atoms with Gasteiger partial charge in [-0.15, -0.1) is 0 Å². The molecule has 0 aromatic rings. The van der Waals surface area contributed by atoms with Crippen molar-refractivity contribution in [2.75, 3.05) is 0 Å². The van der Waals surface area contributed by atoms with Gasteiger partial charge >= 0.3 is 0 Å². The van der Waals surface area contributed by atoms with Crippen molar-refractivity contribution in [2.24, 2.45) is 4.99 Å². The molecule has 0 fully saturated rings. The van der Waals surface area contributed by atoms with Crippen molar-refractivity contribution in [1.82, 2.24) is 0 Å². The zero-order chi connectivity index (χ0) is 10.6. The van der Waals surface area contributed by atoms with Crippen LogP contribution < -0.4 is 0 Å². The van der Waals surface area contributed by atoms with Crippen molar-refractivity contribution in [1.29, 1.82) is 0 Å². The average molecular weight is 183 g/mol. The van der Waals surface area contributed by atoms with Crippen LogP contribution in [0.1, 0.15) is 34.6 Å². The normalized spacial score (nSPS) is 14.5. The summed E-state index contributed by atoms with van der Waals surface area (Å²) in [6.45, 7) is 8.66. The van der Waals surface area contributed by atoms with Crippen molar-refractivity contribution < 1.29 is 9.90 Å². The third-order valence-corrected chi connectivity index (χ3v) is 1.35. The number of carbonyl (C=O) groups excluding carboxylic acids is 1. The number of aliphatic hydroxyl groups excluding tert-OH is 1. The molecule has 0 aromatic heterocycles. The second-order valence-corrected chi connectivity index (χ2v) is 3.98. The Balaban J connectivity index is 4.77. The van der Waals surface area contributed by atoms with E-state index in [1.807, 2.05) is 20.8 Å². The fourth-order valence-electron chi connectivity index (χ4n) is 0.697. The number of Topliss-reactive ketones (excluding diaryl/α,β-unsaturated/α-hetero) is 1. The summed E-state index contributed by atoms with van der Waals surface area (Å²) in [5.74, 6) is -0.159. The van der Waals surface area contributed by atoms with Crippen molar-refractivity contribution >= 4 is 12.0 Å². The Labute approximate surface area is 79.2 Å². The minimum Gasteiger partial charge on any atom is -0.512 e. The van der Waals surface area contributed by atoms with Crippen LogP contribution in [0.4, 0.5) is 0 Å². The van der Waals surface area contributed by atoms with Gasteiger partial charge in [0.05, 0.1) is 11.1 Å². The maximum absolute atomic E-state index is 11.0. The third-order valence-electron chi connectivity index (χ3n) is 1.35. The van der Waals surface area contributed by atoms with Crippen LogP contribution in [0.15, 0.2) is 16.3 Å². The fourth-order valence-corrected chi connectivity index (χ4v) is 0.697. The molecule has 3 nitrogen and oxygen atoms in total. The molecule has 0 saturated heterocycles. The smallest absolute Gasteiger partial charge is 0.164 e. The first-order valence-electron chi connectivity index (χ1n) is 4.20. The zero-order valence-electron chi connectivity index (χ0n) is 8.88. The first kappa shape index (κ1) is 11.9. The summed E-state index contributed by atoms with van der Waals surface area (Å²) < 4.78 is 0. The van der Waals surface area contributed by atoms with Crippen molar-refractivity contribution in [3.05, 3.63) is 11.3 Å². The number of carbonyl (C=O) groups is 1. The minimum atomic E-state index is -0.226. The van der Waals surface area contributed by atoms with Gasteiger partial charge in [0.25, 0.3) is 0 Å². The average Bonchev–Trinajstić information content (AvgIpc) is 1.82. The molecule has 0 bridgehead atoms. The molecule has 0 aliphatic rings. The molecule has 3 heteroatoms. The molecule has 0 atom stereocenters. The molecule has 0 saturated carbocycles. The monoisotopic (exact) mass is 183 g/mol. The van der Waals surface area contributed by atoms with Gasteiger partial charge in [-0.2, -0.15) is 0 Å². The maximum Gasteiger partial charge on any atom is 0.164 e. The summed E-state index contributed by atoms with van der Waals surface area (Å²) in [5.41, 5.74) is 0.0470. The van der Waals surface area contributed by atoms with Gasteiger partial charge in [-0.3, -0.25) is 9.79 Å². The lowest BCUT2D eigenvalue weighted by Gasteiger charge is -2.11. The van der Waals surface area contributed by atoms with E-state index in [0.717, 1.165) is 0 Å². The van der Waals surface area contributed by atoms with Gasteiger partial charge in [-0.1, -0.05) is 0 Å². The van der Waals surface area contributed by atoms with Crippen LogP contribution in [0.2, 0.25) is 0 Å². The highest BCUT2D eigenvalue weighted by atomic mass is 16.3. The third kappa shape index (κ3) is 5.17. The molecular formula is C10H17NO2. The van der Waals surface area contributed by atoms with Crippen LogP contribution in [-0.2, 0) is 4.79 Å². The van der Waals surface area contributed by atoms with E-state index in [9.17, 15) is 4.79 Å². The molecule has 1 N–H and O–H groups in total. The summed E-state index contributed by atoms with van der Waals surface area (Å²) in [7, 11) is 0. The van der Waals surface area contributed by atoms with E-state index < -0.39 is 0 Å². The molecule has 13 heavy (non-hydrogen) atoms. The summed E-state index contributed by atoms with van der Waals surface area (Å²) >= 11 is 0. The largest absolute Gasteiger partial charge is 0.512 e. The van der Waals surface area contributed by atoms with E-state index in [2.05, 4.69) is 4.99 Å². The van der Waals surface area contributed by atoms with Crippen molar-refractivity contribution in [3.63, 3.8) is 0 Å². The Morgan fingerprint density at radius 1 is 1.31 bits per heavy atom. The molecule has 0 aromatic carbocycles. The summed E-state index contributed by atoms with van der Waals surface area (Å²) in [6.07, 6.45) is 1.43. The Hall–Kier alpha value is -1.12. The number of nitrogens with zero attached hydrogens (tertiary/aromatic N) is 1. The van der Waals surface area contributed by atoms with Crippen molar-refractivity contribution in [3.8, 4) is 0 Å². The van der Waals surface area contributed by atoms with Crippen LogP contribution in [0.5, 0.6) is 0 Å². The highest BCUT2D eigenvalue weighted by Gasteiger charge is 2.09. The number of ketones is 1. The zero-order valence-corrected chi connectivity index (χ0v) is 8.88. The number of aliphatic imine (C=N–C) groups is 1. The lowest BCUT2D eigenvalue weighted by atomic mass is 10.1. The quantitative estimate of drug-likeness (QED) is 0.405. The molecular weight excluding hydrogens is 166 g/mol. The second kappa shape index (κ2) is 4.21. The highest BCUT2D eigenvalue weighted by molar-refractivity contribution is 6.12. The van der Waals surface area contributed by atoms with Gasteiger partial charge in [-0.05, 0) is 34.6 Å². The number of rotatable bonds is 2. The maximum atomic E-state index is 11.0. The first-order valence-corrected chi connectivity index (χ1v) is 4.20. The fraction of sp³-hybridized carbons (Fsp3) is 0.600. The Morgan fingerprint density at radius 2 is 1.77 bits per heavy atom. The van der Waals surface area contributed by atoms with Crippen LogP contribution in [0.3, 0.4) is 0 Å². The molecule has 0 rings (SSSR count). The van der Waals surface area contributed by atoms with E-state index in [0.29, 0.717) is 0 Å². The molecule has 0 aliphatic carbocycles. The number of aliphatic hydroxyl groups is 1. The molecule has 0 radical (unpaired) electrons. The molecule has 74 valence electrons. The predicted molar refractivity (Wildman–Crippen MR) is 54.3 cm³/mol. The molecule has 0 spiro atoms. The number of hydrogen-bond donors (Lipinski definition) is 1. The van der Waals surface area contributed by atoms with E-state index >= 15 is 0 Å². The number of allylic oxidation sites excluding steroid dienone is 2. The van der Waals surface area contributed by atoms with Gasteiger partial charge in [0.2, 0.25) is 0 Å². The van der Waals surface area contributed by atoms with E-state index in [1.165, 1.54) is 20.1 Å². The molecule has 0 amide bonds. The Bertz CT molecular complexity index is 253. The van der Waals surface area contributed by atoms with E-state index in [-0.39, 0.29) is 22.7 Å². The van der Waals surface area contributed by atoms with E-state index in [1.54, 1.807) is 0 Å². The van der Waals surface area contributed by atoms with Gasteiger partial charge < -0.3 is 5.11 Å². The first-order chi connectivity index (χ1) is 5.74. The minimum absolute atomic E-state index is 0.0144. The molecule has 0 aliphatic heterocycles. The summed E-state index contributed by atoms with van der Waals surface area (Å²) in [6, 6.07) is 0. The molecule has 0 unspecified atom stereocenters. The van der Waals surface area contributed by atoms with Crippen LogP contribution >= 0.6 is 0 Å². The SMILES string of the molecule is CC(=O)/C(C=NC(C)(C)C)=C(\C)O. The second-order valence-electron chi connectivity index (χ2n) is 3.98. The summed E-state index contributed by atoms with van der Waals surface area (Å²) in [4.78, 5) is 15.1. The molecule has 0 heterocycles. The standard InChI is InChI=1S/C10H17NO2/c1-7(12)9(8(2)13)6-11-10(3,4)5/h6,12H,1-5H3/b9-7+,11-6?. The predicted octanol–water partition coefficient (Wildman–Crippen LogP) is 2.28. The van der Waals surface area contributed by atoms with Gasteiger partial charge in [0.1, 0.15) is 5.76 Å². The van der Waals surface area contributed by atoms with Crippen LogP contribution in [-0.4, -0.2) is 22.6 Å². The Morgan fingerprint density at radius 3 is 2.00 bits per heavy atom. The van der Waals surface area contributed by atoms with Gasteiger partial charge in [0, 0.05) is 6.21 Å². The lowest BCUT2D eigenvalue weighted by molar-refractivity contribution is -0.113. The van der Waals surface area contributed by atoms with Crippen LogP contribution in [0.25, 0.3) is 0 Å². The van der Waals surface area contributed by atoms with Gasteiger partial charge in [-0.25, -0.2) is 0 Å². The van der Waals surface area contributed by atoms with Crippen LogP contribution in [0, 0.1) is 0 Å². The highest BCUT2D eigenvalue weighted by Crippen LogP contribution is 2.07. The summed E-state index contributed by atoms with van der Waals surface area (Å²) in [5, 5.41) is 9.15. The lowest BCUT2D eigenvalue weighted by Crippen LogP contribution is -2.12. The van der Waals surface area contributed by atoms with Crippen molar-refractivity contribution in [2.45, 2.75) is 40.2 Å². The Kier molecular flexibility index (Phi) is 3.85.